The van der Waals surface area contributed by atoms with Gasteiger partial charge in [-0.1, -0.05) is 12.1 Å². The third kappa shape index (κ3) is 3.59. The van der Waals surface area contributed by atoms with Crippen LogP contribution in [0, 0.1) is 5.82 Å². The first-order valence-corrected chi connectivity index (χ1v) is 7.81. The number of carbonyl (C=O) groups excluding carboxylic acids is 2. The minimum atomic E-state index is -0.865. The first kappa shape index (κ1) is 17.3. The molecule has 0 bridgehead atoms. The summed E-state index contributed by atoms with van der Waals surface area (Å²) in [5.74, 6) is -1.92. The van der Waals surface area contributed by atoms with Crippen molar-refractivity contribution < 1.29 is 14.0 Å². The van der Waals surface area contributed by atoms with Gasteiger partial charge in [-0.05, 0) is 36.8 Å². The molecule has 1 aromatic carbocycles. The third-order valence-electron chi connectivity index (χ3n) is 3.81. The van der Waals surface area contributed by atoms with E-state index in [9.17, 15) is 14.0 Å². The standard InChI is InChI=1S/C18H16FN5O2/c1-10(17(20)25)22-18(26)12-7-13-15(23-24-16(13)14(19)8-12)5-4-11-3-2-6-21-9-11/h2-10H,1H3,(H2,20,25)(H,22,26)(H,23,24)/t10-/m0/s1. The van der Waals surface area contributed by atoms with Crippen LogP contribution in [-0.4, -0.2) is 33.0 Å². The van der Waals surface area contributed by atoms with Gasteiger partial charge in [0, 0.05) is 23.3 Å². The Labute approximate surface area is 148 Å². The number of nitrogens with one attached hydrogen (secondary N) is 2. The van der Waals surface area contributed by atoms with Crippen LogP contribution in [0.15, 0.2) is 36.7 Å². The number of amides is 2. The summed E-state index contributed by atoms with van der Waals surface area (Å²) in [6.07, 6.45) is 6.86. The molecule has 7 nitrogen and oxygen atoms in total. The Morgan fingerprint density at radius 1 is 1.35 bits per heavy atom. The van der Waals surface area contributed by atoms with Crippen molar-refractivity contribution in [1.82, 2.24) is 20.5 Å². The molecule has 1 atom stereocenters. The van der Waals surface area contributed by atoms with Gasteiger partial charge in [0.25, 0.3) is 5.91 Å². The summed E-state index contributed by atoms with van der Waals surface area (Å²) in [5.41, 5.74) is 6.72. The molecule has 0 radical (unpaired) electrons. The molecule has 0 unspecified atom stereocenters. The number of carbonyl (C=O) groups is 2. The number of nitrogens with zero attached hydrogens (tertiary/aromatic N) is 2. The number of hydrogen-bond acceptors (Lipinski definition) is 4. The molecule has 4 N–H and O–H groups in total. The van der Waals surface area contributed by atoms with Crippen molar-refractivity contribution >= 4 is 34.9 Å². The smallest absolute Gasteiger partial charge is 0.252 e. The number of halogens is 1. The number of hydrogen-bond donors (Lipinski definition) is 3. The number of benzene rings is 1. The molecule has 0 aliphatic heterocycles. The lowest BCUT2D eigenvalue weighted by atomic mass is 10.1. The van der Waals surface area contributed by atoms with Crippen molar-refractivity contribution in [3.63, 3.8) is 0 Å². The zero-order valence-electron chi connectivity index (χ0n) is 13.9. The van der Waals surface area contributed by atoms with Crippen molar-refractivity contribution in [2.45, 2.75) is 13.0 Å². The van der Waals surface area contributed by atoms with Crippen molar-refractivity contribution in [1.29, 1.82) is 0 Å². The lowest BCUT2D eigenvalue weighted by molar-refractivity contribution is -0.119. The van der Waals surface area contributed by atoms with Gasteiger partial charge in [0.05, 0.1) is 5.69 Å². The van der Waals surface area contributed by atoms with E-state index in [0.717, 1.165) is 11.6 Å². The molecule has 0 saturated heterocycles. The maximum atomic E-state index is 14.3. The van der Waals surface area contributed by atoms with Gasteiger partial charge in [0.2, 0.25) is 5.91 Å². The van der Waals surface area contributed by atoms with Crippen LogP contribution in [0.5, 0.6) is 0 Å². The van der Waals surface area contributed by atoms with E-state index in [-0.39, 0.29) is 11.1 Å². The molecule has 132 valence electrons. The van der Waals surface area contributed by atoms with Gasteiger partial charge in [-0.25, -0.2) is 4.39 Å². The maximum Gasteiger partial charge on any atom is 0.252 e. The molecular formula is C18H16FN5O2. The van der Waals surface area contributed by atoms with Crippen LogP contribution >= 0.6 is 0 Å². The Bertz CT molecular complexity index is 997. The minimum absolute atomic E-state index is 0.0699. The highest BCUT2D eigenvalue weighted by Gasteiger charge is 2.17. The zero-order valence-corrected chi connectivity index (χ0v) is 13.9. The topological polar surface area (TPSA) is 114 Å². The van der Waals surface area contributed by atoms with Gasteiger partial charge >= 0.3 is 0 Å². The van der Waals surface area contributed by atoms with Crippen molar-refractivity contribution in [3.05, 3.63) is 59.3 Å². The second kappa shape index (κ2) is 7.14. The summed E-state index contributed by atoms with van der Waals surface area (Å²) in [6.45, 7) is 1.45. The molecule has 0 spiro atoms. The average Bonchev–Trinajstić information content (AvgIpc) is 3.04. The number of fused-ring (bicyclic) bond motifs is 1. The Morgan fingerprint density at radius 3 is 2.85 bits per heavy atom. The number of aromatic amines is 1. The fraction of sp³-hybridized carbons (Fsp3) is 0.111. The van der Waals surface area contributed by atoms with E-state index in [0.29, 0.717) is 11.1 Å². The number of H-pyrrole nitrogens is 1. The molecule has 8 heteroatoms. The van der Waals surface area contributed by atoms with Crippen LogP contribution in [-0.2, 0) is 4.79 Å². The summed E-state index contributed by atoms with van der Waals surface area (Å²) in [6, 6.07) is 5.38. The molecule has 2 amide bonds. The highest BCUT2D eigenvalue weighted by Crippen LogP contribution is 2.23. The van der Waals surface area contributed by atoms with E-state index in [1.807, 2.05) is 6.07 Å². The summed E-state index contributed by atoms with van der Waals surface area (Å²) in [5, 5.41) is 9.56. The largest absolute Gasteiger partial charge is 0.368 e. The van der Waals surface area contributed by atoms with Crippen LogP contribution in [0.3, 0.4) is 0 Å². The van der Waals surface area contributed by atoms with Crippen LogP contribution in [0.1, 0.15) is 28.5 Å². The predicted molar refractivity (Wildman–Crippen MR) is 95.3 cm³/mol. The fourth-order valence-electron chi connectivity index (χ4n) is 2.36. The summed E-state index contributed by atoms with van der Waals surface area (Å²) in [4.78, 5) is 27.3. The molecule has 26 heavy (non-hydrogen) atoms. The van der Waals surface area contributed by atoms with Crippen molar-refractivity contribution in [3.8, 4) is 0 Å². The number of primary amides is 1. The quantitative estimate of drug-likeness (QED) is 0.650. The Morgan fingerprint density at radius 2 is 2.15 bits per heavy atom. The maximum absolute atomic E-state index is 14.3. The first-order chi connectivity index (χ1) is 12.5. The van der Waals surface area contributed by atoms with E-state index in [1.54, 1.807) is 30.6 Å². The van der Waals surface area contributed by atoms with Crippen molar-refractivity contribution in [2.75, 3.05) is 0 Å². The molecule has 3 aromatic rings. The van der Waals surface area contributed by atoms with Gasteiger partial charge in [-0.15, -0.1) is 0 Å². The molecule has 0 saturated carbocycles. The van der Waals surface area contributed by atoms with Crippen molar-refractivity contribution in [2.24, 2.45) is 5.73 Å². The Hall–Kier alpha value is -3.55. The first-order valence-electron chi connectivity index (χ1n) is 7.81. The van der Waals surface area contributed by atoms with Gasteiger partial charge in [-0.3, -0.25) is 19.7 Å². The molecule has 3 rings (SSSR count). The van der Waals surface area contributed by atoms with E-state index in [2.05, 4.69) is 20.5 Å². The summed E-state index contributed by atoms with van der Waals surface area (Å²) in [7, 11) is 0. The lowest BCUT2D eigenvalue weighted by Crippen LogP contribution is -2.42. The molecule has 0 aliphatic carbocycles. The second-order valence-corrected chi connectivity index (χ2v) is 5.71. The van der Waals surface area contributed by atoms with Gasteiger partial charge in [0.1, 0.15) is 11.6 Å². The highest BCUT2D eigenvalue weighted by molar-refractivity contribution is 6.01. The SMILES string of the molecule is C[C@H](NC(=O)c1cc(F)c2n[nH]c(C=Cc3cccnc3)c2c1)C(N)=O. The average molecular weight is 353 g/mol. The van der Waals surface area contributed by atoms with Gasteiger partial charge < -0.3 is 11.1 Å². The van der Waals surface area contributed by atoms with E-state index in [1.165, 1.54) is 13.0 Å². The van der Waals surface area contributed by atoms with Crippen LogP contribution < -0.4 is 11.1 Å². The number of aromatic nitrogens is 3. The zero-order chi connectivity index (χ0) is 18.7. The third-order valence-corrected chi connectivity index (χ3v) is 3.81. The van der Waals surface area contributed by atoms with E-state index < -0.39 is 23.7 Å². The van der Waals surface area contributed by atoms with Crippen LogP contribution in [0.4, 0.5) is 4.39 Å². The van der Waals surface area contributed by atoms with E-state index in [4.69, 9.17) is 5.73 Å². The summed E-state index contributed by atoms with van der Waals surface area (Å²) < 4.78 is 14.3. The highest BCUT2D eigenvalue weighted by atomic mass is 19.1. The molecule has 0 aliphatic rings. The van der Waals surface area contributed by atoms with Crippen LogP contribution in [0.2, 0.25) is 0 Å². The molecule has 2 aromatic heterocycles. The fourth-order valence-corrected chi connectivity index (χ4v) is 2.36. The van der Waals surface area contributed by atoms with E-state index >= 15 is 0 Å². The second-order valence-electron chi connectivity index (χ2n) is 5.71. The lowest BCUT2D eigenvalue weighted by Gasteiger charge is -2.10. The van der Waals surface area contributed by atoms with Gasteiger partial charge in [0.15, 0.2) is 5.82 Å². The molecule has 0 fully saturated rings. The normalized spacial score (nSPS) is 12.4. The Kier molecular flexibility index (Phi) is 4.74. The monoisotopic (exact) mass is 353 g/mol. The Balaban J connectivity index is 1.95. The number of pyridine rings is 1. The predicted octanol–water partition coefficient (Wildman–Crippen LogP) is 1.87. The number of rotatable bonds is 5. The molecule has 2 heterocycles. The van der Waals surface area contributed by atoms with Gasteiger partial charge in [-0.2, -0.15) is 5.10 Å². The summed E-state index contributed by atoms with van der Waals surface area (Å²) >= 11 is 0. The number of nitrogens with two attached hydrogens (primary N) is 1. The minimum Gasteiger partial charge on any atom is -0.368 e. The molecular weight excluding hydrogens is 337 g/mol. The van der Waals surface area contributed by atoms with Crippen LogP contribution in [0.25, 0.3) is 23.1 Å².